The number of amides is 1. The van der Waals surface area contributed by atoms with Gasteiger partial charge in [-0.3, -0.25) is 4.79 Å². The Kier molecular flexibility index (Phi) is 29.0. The van der Waals surface area contributed by atoms with Gasteiger partial charge in [-0.05, 0) is 19.3 Å². The quantitative estimate of drug-likeness (QED) is 0.0676. The van der Waals surface area contributed by atoms with Crippen LogP contribution < -0.4 is 5.32 Å². The van der Waals surface area contributed by atoms with Gasteiger partial charge in [0.05, 0.1) is 18.8 Å². The van der Waals surface area contributed by atoms with Crippen LogP contribution in [-0.4, -0.2) is 34.9 Å². The van der Waals surface area contributed by atoms with Crippen molar-refractivity contribution in [2.45, 2.75) is 187 Å². The average molecular weight is 524 g/mol. The third-order valence-corrected chi connectivity index (χ3v) is 7.52. The first-order chi connectivity index (χ1) is 18.2. The molecule has 0 aliphatic carbocycles. The van der Waals surface area contributed by atoms with E-state index in [2.05, 4.69) is 19.2 Å². The van der Waals surface area contributed by atoms with Crippen LogP contribution in [0.5, 0.6) is 0 Å². The minimum Gasteiger partial charge on any atom is -0.394 e. The molecular formula is C33H65NO3. The topological polar surface area (TPSA) is 69.6 Å². The minimum atomic E-state index is -0.830. The number of allylic oxidation sites excluding steroid dienone is 1. The highest BCUT2D eigenvalue weighted by molar-refractivity contribution is 5.76. The maximum atomic E-state index is 12.2. The van der Waals surface area contributed by atoms with E-state index >= 15 is 0 Å². The molecule has 0 bridgehead atoms. The molecule has 0 aromatic heterocycles. The lowest BCUT2D eigenvalue weighted by Crippen LogP contribution is -2.45. The van der Waals surface area contributed by atoms with Crippen LogP contribution in [0.2, 0.25) is 0 Å². The van der Waals surface area contributed by atoms with E-state index in [1.54, 1.807) is 6.08 Å². The summed E-state index contributed by atoms with van der Waals surface area (Å²) in [6.45, 7) is 4.28. The second-order valence-electron chi connectivity index (χ2n) is 11.2. The van der Waals surface area contributed by atoms with Crippen LogP contribution in [0.1, 0.15) is 174 Å². The molecule has 0 fully saturated rings. The number of hydrogen-bond acceptors (Lipinski definition) is 3. The molecule has 37 heavy (non-hydrogen) atoms. The highest BCUT2D eigenvalue weighted by Gasteiger charge is 2.17. The number of unbranched alkanes of at least 4 members (excludes halogenated alkanes) is 22. The zero-order chi connectivity index (χ0) is 27.2. The maximum absolute atomic E-state index is 12.2. The molecule has 0 aliphatic rings. The molecule has 3 N–H and O–H groups in total. The van der Waals surface area contributed by atoms with Crippen LogP contribution in [0.25, 0.3) is 0 Å². The summed E-state index contributed by atoms with van der Waals surface area (Å²) in [5, 5.41) is 22.8. The van der Waals surface area contributed by atoms with Crippen molar-refractivity contribution in [2.24, 2.45) is 0 Å². The van der Waals surface area contributed by atoms with Crippen LogP contribution in [0.15, 0.2) is 12.2 Å². The Morgan fingerprint density at radius 1 is 0.622 bits per heavy atom. The fourth-order valence-corrected chi connectivity index (χ4v) is 4.94. The van der Waals surface area contributed by atoms with Gasteiger partial charge in [-0.15, -0.1) is 0 Å². The molecule has 0 unspecified atom stereocenters. The summed E-state index contributed by atoms with van der Waals surface area (Å²) in [5.74, 6) is -0.0663. The second-order valence-corrected chi connectivity index (χ2v) is 11.2. The summed E-state index contributed by atoms with van der Waals surface area (Å²) in [5.41, 5.74) is 0. The third kappa shape index (κ3) is 26.5. The molecule has 0 rings (SSSR count). The number of carbonyl (C=O) groups is 1. The molecule has 220 valence electrons. The average Bonchev–Trinajstić information content (AvgIpc) is 2.90. The van der Waals surface area contributed by atoms with Crippen LogP contribution in [0, 0.1) is 0 Å². The molecule has 0 aliphatic heterocycles. The van der Waals surface area contributed by atoms with E-state index in [9.17, 15) is 15.0 Å². The van der Waals surface area contributed by atoms with Crippen LogP contribution in [0.4, 0.5) is 0 Å². The van der Waals surface area contributed by atoms with E-state index in [4.69, 9.17) is 0 Å². The van der Waals surface area contributed by atoms with Crippen LogP contribution >= 0.6 is 0 Å². The lowest BCUT2D eigenvalue weighted by molar-refractivity contribution is -0.123. The predicted molar refractivity (Wildman–Crippen MR) is 161 cm³/mol. The molecule has 4 heteroatoms. The summed E-state index contributed by atoms with van der Waals surface area (Å²) in [7, 11) is 0. The molecule has 0 saturated heterocycles. The first kappa shape index (κ1) is 36.1. The fourth-order valence-electron chi connectivity index (χ4n) is 4.94. The van der Waals surface area contributed by atoms with Gasteiger partial charge in [0.25, 0.3) is 0 Å². The highest BCUT2D eigenvalue weighted by Crippen LogP contribution is 2.14. The molecule has 2 atom stereocenters. The molecule has 0 saturated carbocycles. The lowest BCUT2D eigenvalue weighted by Gasteiger charge is -2.20. The molecule has 0 spiro atoms. The first-order valence-electron chi connectivity index (χ1n) is 16.4. The van der Waals surface area contributed by atoms with Crippen LogP contribution in [0.3, 0.4) is 0 Å². The Morgan fingerprint density at radius 2 is 1.00 bits per heavy atom. The largest absolute Gasteiger partial charge is 0.394 e. The van der Waals surface area contributed by atoms with Gasteiger partial charge in [0, 0.05) is 6.42 Å². The van der Waals surface area contributed by atoms with E-state index in [0.29, 0.717) is 6.42 Å². The van der Waals surface area contributed by atoms with Gasteiger partial charge in [-0.1, -0.05) is 161 Å². The van der Waals surface area contributed by atoms with Crippen LogP contribution in [-0.2, 0) is 4.79 Å². The van der Waals surface area contributed by atoms with E-state index in [1.807, 2.05) is 6.08 Å². The number of carbonyl (C=O) groups excluding carboxylic acids is 1. The van der Waals surface area contributed by atoms with Gasteiger partial charge in [-0.25, -0.2) is 0 Å². The number of nitrogens with one attached hydrogen (secondary N) is 1. The molecule has 1 amide bonds. The zero-order valence-electron chi connectivity index (χ0n) is 25.0. The summed E-state index contributed by atoms with van der Waals surface area (Å²) < 4.78 is 0. The van der Waals surface area contributed by atoms with Gasteiger partial charge in [0.1, 0.15) is 0 Å². The number of hydrogen-bond donors (Lipinski definition) is 3. The lowest BCUT2D eigenvalue weighted by atomic mass is 10.0. The fraction of sp³-hybridized carbons (Fsp3) is 0.909. The van der Waals surface area contributed by atoms with Gasteiger partial charge < -0.3 is 15.5 Å². The van der Waals surface area contributed by atoms with Gasteiger partial charge >= 0.3 is 0 Å². The van der Waals surface area contributed by atoms with Crippen molar-refractivity contribution in [3.8, 4) is 0 Å². The number of aliphatic hydroxyl groups is 2. The smallest absolute Gasteiger partial charge is 0.220 e. The van der Waals surface area contributed by atoms with Gasteiger partial charge in [0.15, 0.2) is 0 Å². The Bertz CT molecular complexity index is 494. The summed E-state index contributed by atoms with van der Waals surface area (Å²) in [6.07, 6.45) is 34.2. The van der Waals surface area contributed by atoms with Gasteiger partial charge in [0.2, 0.25) is 5.91 Å². The van der Waals surface area contributed by atoms with Crippen molar-refractivity contribution >= 4 is 5.91 Å². The molecule has 0 radical (unpaired) electrons. The number of rotatable bonds is 29. The molecule has 0 aromatic rings. The maximum Gasteiger partial charge on any atom is 0.220 e. The van der Waals surface area contributed by atoms with E-state index in [-0.39, 0.29) is 12.5 Å². The predicted octanol–water partition coefficient (Wildman–Crippen LogP) is 9.17. The summed E-state index contributed by atoms with van der Waals surface area (Å²) in [4.78, 5) is 12.2. The van der Waals surface area contributed by atoms with Crippen molar-refractivity contribution in [1.82, 2.24) is 5.32 Å². The first-order valence-corrected chi connectivity index (χ1v) is 16.4. The Hall–Kier alpha value is -0.870. The molecule has 4 nitrogen and oxygen atoms in total. The SMILES string of the molecule is CCCCCCCCCCCCCC/C=C/[C@H](O)[C@@H](CO)NC(=O)CCCCCCCCCCCCC. The third-order valence-electron chi connectivity index (χ3n) is 7.52. The van der Waals surface area contributed by atoms with Gasteiger partial charge in [-0.2, -0.15) is 0 Å². The number of aliphatic hydroxyl groups excluding tert-OH is 2. The Balaban J connectivity index is 3.64. The second kappa shape index (κ2) is 29.7. The Labute approximate surface area is 231 Å². The normalized spacial score (nSPS) is 13.3. The Morgan fingerprint density at radius 3 is 1.41 bits per heavy atom. The molecule has 0 aromatic carbocycles. The zero-order valence-corrected chi connectivity index (χ0v) is 25.0. The molecule has 0 heterocycles. The van der Waals surface area contributed by atoms with E-state index in [0.717, 1.165) is 25.7 Å². The highest BCUT2D eigenvalue weighted by atomic mass is 16.3. The monoisotopic (exact) mass is 523 g/mol. The summed E-state index contributed by atoms with van der Waals surface area (Å²) in [6, 6.07) is -0.613. The van der Waals surface area contributed by atoms with Crippen molar-refractivity contribution in [3.05, 3.63) is 12.2 Å². The van der Waals surface area contributed by atoms with E-state index in [1.165, 1.54) is 128 Å². The van der Waals surface area contributed by atoms with Crippen molar-refractivity contribution in [2.75, 3.05) is 6.61 Å². The van der Waals surface area contributed by atoms with E-state index < -0.39 is 12.1 Å². The standard InChI is InChI=1S/C33H65NO3/c1-3-5-7-9-11-13-15-16-17-19-20-22-24-26-28-32(36)31(30-35)34-33(37)29-27-25-23-21-18-14-12-10-8-6-4-2/h26,28,31-32,35-36H,3-25,27,29-30H2,1-2H3,(H,34,37)/b28-26+/t31-,32+/m1/s1. The van der Waals surface area contributed by atoms with Crippen molar-refractivity contribution < 1.29 is 15.0 Å². The van der Waals surface area contributed by atoms with Crippen molar-refractivity contribution in [3.63, 3.8) is 0 Å². The minimum absolute atomic E-state index is 0.0663. The van der Waals surface area contributed by atoms with Crippen molar-refractivity contribution in [1.29, 1.82) is 0 Å². The summed E-state index contributed by atoms with van der Waals surface area (Å²) >= 11 is 0. The molecular weight excluding hydrogens is 458 g/mol.